The molecule has 1 aliphatic rings. The molecule has 1 aliphatic carbocycles. The summed E-state index contributed by atoms with van der Waals surface area (Å²) in [6.07, 6.45) is 8.11. The van der Waals surface area contributed by atoms with Crippen molar-refractivity contribution in [2.24, 2.45) is 0 Å². The molecule has 1 saturated carbocycles. The van der Waals surface area contributed by atoms with Crippen molar-refractivity contribution in [3.05, 3.63) is 24.0 Å². The predicted octanol–water partition coefficient (Wildman–Crippen LogP) is 3.10. The highest BCUT2D eigenvalue weighted by Crippen LogP contribution is 2.34. The third-order valence-corrected chi connectivity index (χ3v) is 5.26. The molecule has 0 aromatic carbocycles. The van der Waals surface area contributed by atoms with Crippen LogP contribution in [0.25, 0.3) is 0 Å². The maximum absolute atomic E-state index is 12.3. The van der Waals surface area contributed by atoms with Gasteiger partial charge in [-0.05, 0) is 26.7 Å². The van der Waals surface area contributed by atoms with Crippen LogP contribution in [0.15, 0.2) is 16.8 Å². The second-order valence-corrected chi connectivity index (χ2v) is 7.99. The summed E-state index contributed by atoms with van der Waals surface area (Å²) in [6, 6.07) is 1.93. The van der Waals surface area contributed by atoms with Crippen molar-refractivity contribution in [2.75, 3.05) is 5.32 Å². The van der Waals surface area contributed by atoms with Gasteiger partial charge in [0.15, 0.2) is 5.82 Å². The number of hydrogen-bond acceptors (Lipinski definition) is 6. The van der Waals surface area contributed by atoms with Gasteiger partial charge in [0.2, 0.25) is 17.7 Å². The third kappa shape index (κ3) is 5.21. The first-order valence-corrected chi connectivity index (χ1v) is 10.3. The first-order valence-electron chi connectivity index (χ1n) is 10.3. The summed E-state index contributed by atoms with van der Waals surface area (Å²) in [6.45, 7) is 5.52. The lowest BCUT2D eigenvalue weighted by Crippen LogP contribution is -2.45. The lowest BCUT2D eigenvalue weighted by atomic mass is 9.89. The Hall–Kier alpha value is -2.71. The largest absolute Gasteiger partial charge is 0.343 e. The molecule has 1 fully saturated rings. The molecule has 0 aliphatic heterocycles. The van der Waals surface area contributed by atoms with Crippen molar-refractivity contribution >= 4 is 17.6 Å². The lowest BCUT2D eigenvalue weighted by Gasteiger charge is -2.30. The van der Waals surface area contributed by atoms with E-state index in [0.717, 1.165) is 38.5 Å². The van der Waals surface area contributed by atoms with Crippen LogP contribution in [0.2, 0.25) is 0 Å². The normalized spacial score (nSPS) is 16.4. The minimum atomic E-state index is -0.573. The number of nitrogens with zero attached hydrogens (tertiary/aromatic N) is 4. The topological polar surface area (TPSA) is 115 Å². The smallest absolute Gasteiger partial charge is 0.227 e. The average Bonchev–Trinajstić information content (AvgIpc) is 3.26. The van der Waals surface area contributed by atoms with Crippen LogP contribution in [0.1, 0.15) is 83.5 Å². The molecule has 0 spiro atoms. The van der Waals surface area contributed by atoms with E-state index in [2.05, 4.69) is 25.9 Å². The number of hydrogen-bond donors (Lipinski definition) is 2. The highest BCUT2D eigenvalue weighted by atomic mass is 16.5. The molecule has 2 aromatic rings. The maximum atomic E-state index is 12.3. The molecule has 158 valence electrons. The Balaban J connectivity index is 1.63. The fourth-order valence-electron chi connectivity index (χ4n) is 3.87. The van der Waals surface area contributed by atoms with Gasteiger partial charge in [0.05, 0.1) is 6.20 Å². The molecular weight excluding hydrogens is 372 g/mol. The molecule has 0 saturated heterocycles. The Morgan fingerprint density at radius 3 is 2.62 bits per heavy atom. The number of anilines is 1. The van der Waals surface area contributed by atoms with E-state index in [9.17, 15) is 9.59 Å². The molecule has 3 rings (SSSR count). The molecule has 2 N–H and O–H groups in total. The number of amides is 2. The highest BCUT2D eigenvalue weighted by molar-refractivity contribution is 5.89. The molecule has 0 unspecified atom stereocenters. The quantitative estimate of drug-likeness (QED) is 0.688. The number of nitrogens with one attached hydrogen (secondary N) is 2. The number of rotatable bonds is 7. The summed E-state index contributed by atoms with van der Waals surface area (Å²) < 4.78 is 7.16. The molecule has 0 atom stereocenters. The van der Waals surface area contributed by atoms with E-state index in [-0.39, 0.29) is 24.3 Å². The average molecular weight is 402 g/mol. The van der Waals surface area contributed by atoms with E-state index in [0.29, 0.717) is 24.0 Å². The van der Waals surface area contributed by atoms with Crippen LogP contribution in [-0.4, -0.2) is 31.7 Å². The van der Waals surface area contributed by atoms with Gasteiger partial charge in [0.25, 0.3) is 0 Å². The predicted molar refractivity (Wildman–Crippen MR) is 107 cm³/mol. The standard InChI is InChI=1S/C20H30N6O3/c1-14(2)26-16(10-13-21-26)22-17(28)8-9-18-23-19(25-29-18)20(24-15(3)27)11-6-4-5-7-12-20/h10,13-14H,4-9,11-12H2,1-3H3,(H,22,28)(H,24,27). The van der Waals surface area contributed by atoms with E-state index < -0.39 is 5.54 Å². The molecule has 9 heteroatoms. The molecule has 0 radical (unpaired) electrons. The maximum Gasteiger partial charge on any atom is 0.227 e. The molecule has 29 heavy (non-hydrogen) atoms. The van der Waals surface area contributed by atoms with E-state index in [1.165, 1.54) is 6.92 Å². The van der Waals surface area contributed by atoms with E-state index >= 15 is 0 Å². The van der Waals surface area contributed by atoms with Crippen LogP contribution < -0.4 is 10.6 Å². The zero-order valence-electron chi connectivity index (χ0n) is 17.4. The second-order valence-electron chi connectivity index (χ2n) is 7.99. The van der Waals surface area contributed by atoms with E-state index in [1.54, 1.807) is 16.9 Å². The van der Waals surface area contributed by atoms with Crippen molar-refractivity contribution in [3.63, 3.8) is 0 Å². The summed E-state index contributed by atoms with van der Waals surface area (Å²) in [5.74, 6) is 1.35. The zero-order valence-corrected chi connectivity index (χ0v) is 17.4. The Bertz CT molecular complexity index is 833. The van der Waals surface area contributed by atoms with Gasteiger partial charge in [0.1, 0.15) is 11.4 Å². The third-order valence-electron chi connectivity index (χ3n) is 5.26. The van der Waals surface area contributed by atoms with Crippen molar-refractivity contribution in [3.8, 4) is 0 Å². The second kappa shape index (κ2) is 9.19. The summed E-state index contributed by atoms with van der Waals surface area (Å²) in [4.78, 5) is 28.6. The summed E-state index contributed by atoms with van der Waals surface area (Å²) in [7, 11) is 0. The Morgan fingerprint density at radius 2 is 1.97 bits per heavy atom. The molecule has 9 nitrogen and oxygen atoms in total. The van der Waals surface area contributed by atoms with Crippen molar-refractivity contribution in [2.45, 2.75) is 83.7 Å². The van der Waals surface area contributed by atoms with Gasteiger partial charge < -0.3 is 15.2 Å². The van der Waals surface area contributed by atoms with E-state index in [1.807, 2.05) is 13.8 Å². The molecule has 2 aromatic heterocycles. The van der Waals surface area contributed by atoms with Crippen LogP contribution >= 0.6 is 0 Å². The molecule has 2 heterocycles. The summed E-state index contributed by atoms with van der Waals surface area (Å²) in [5, 5.41) is 14.3. The van der Waals surface area contributed by atoms with Crippen LogP contribution in [0.3, 0.4) is 0 Å². The highest BCUT2D eigenvalue weighted by Gasteiger charge is 2.38. The molecule has 0 bridgehead atoms. The van der Waals surface area contributed by atoms with Crippen molar-refractivity contribution in [1.82, 2.24) is 25.2 Å². The van der Waals surface area contributed by atoms with Gasteiger partial charge in [-0.25, -0.2) is 4.68 Å². The monoisotopic (exact) mass is 402 g/mol. The summed E-state index contributed by atoms with van der Waals surface area (Å²) >= 11 is 0. The SMILES string of the molecule is CC(=O)NC1(c2noc(CCC(=O)Nc3ccnn3C(C)C)n2)CCCCCC1. The van der Waals surface area contributed by atoms with Gasteiger partial charge in [-0.2, -0.15) is 10.1 Å². The Morgan fingerprint density at radius 1 is 1.24 bits per heavy atom. The fourth-order valence-corrected chi connectivity index (χ4v) is 3.87. The van der Waals surface area contributed by atoms with Crippen molar-refractivity contribution < 1.29 is 14.1 Å². The van der Waals surface area contributed by atoms with Gasteiger partial charge in [-0.15, -0.1) is 0 Å². The molecular formula is C20H30N6O3. The zero-order chi connectivity index (χ0) is 20.9. The lowest BCUT2D eigenvalue weighted by molar-refractivity contribution is -0.121. The first-order chi connectivity index (χ1) is 13.9. The Labute approximate surface area is 170 Å². The van der Waals surface area contributed by atoms with Crippen LogP contribution in [0.4, 0.5) is 5.82 Å². The fraction of sp³-hybridized carbons (Fsp3) is 0.650. The van der Waals surface area contributed by atoms with Gasteiger partial charge >= 0.3 is 0 Å². The van der Waals surface area contributed by atoms with Crippen molar-refractivity contribution in [1.29, 1.82) is 0 Å². The van der Waals surface area contributed by atoms with Gasteiger partial charge in [-0.1, -0.05) is 30.8 Å². The van der Waals surface area contributed by atoms with E-state index in [4.69, 9.17) is 4.52 Å². The van der Waals surface area contributed by atoms with Crippen LogP contribution in [-0.2, 0) is 21.5 Å². The molecule has 2 amide bonds. The van der Waals surface area contributed by atoms with Crippen LogP contribution in [0, 0.1) is 0 Å². The minimum Gasteiger partial charge on any atom is -0.343 e. The number of carbonyl (C=O) groups excluding carboxylic acids is 2. The van der Waals surface area contributed by atoms with Gasteiger partial charge in [-0.3, -0.25) is 9.59 Å². The number of carbonyl (C=O) groups is 2. The number of aryl methyl sites for hydroxylation is 1. The minimum absolute atomic E-state index is 0.0978. The number of aromatic nitrogens is 4. The van der Waals surface area contributed by atoms with Gasteiger partial charge in [0, 0.05) is 31.9 Å². The first kappa shape index (κ1) is 21.0. The Kier molecular flexibility index (Phi) is 6.66. The van der Waals surface area contributed by atoms with Crippen LogP contribution in [0.5, 0.6) is 0 Å². The summed E-state index contributed by atoms with van der Waals surface area (Å²) in [5.41, 5.74) is -0.573.